The van der Waals surface area contributed by atoms with E-state index < -0.39 is 0 Å². The highest BCUT2D eigenvalue weighted by atomic mass is 16.2. The fourth-order valence-corrected chi connectivity index (χ4v) is 3.39. The zero-order valence-electron chi connectivity index (χ0n) is 15.1. The molecule has 2 N–H and O–H groups in total. The molecule has 0 bridgehead atoms. The lowest BCUT2D eigenvalue weighted by Crippen LogP contribution is -2.29. The third-order valence-corrected chi connectivity index (χ3v) is 4.82. The van der Waals surface area contributed by atoms with Crippen molar-refractivity contribution < 1.29 is 4.79 Å². The first kappa shape index (κ1) is 17.3. The van der Waals surface area contributed by atoms with Crippen LogP contribution in [-0.4, -0.2) is 19.1 Å². The van der Waals surface area contributed by atoms with Gasteiger partial charge in [-0.3, -0.25) is 0 Å². The molecule has 0 atom stereocenters. The molecule has 0 radical (unpaired) electrons. The van der Waals surface area contributed by atoms with Gasteiger partial charge < -0.3 is 15.5 Å². The van der Waals surface area contributed by atoms with Crippen LogP contribution >= 0.6 is 0 Å². The topological polar surface area (TPSA) is 44.4 Å². The maximum absolute atomic E-state index is 12.4. The van der Waals surface area contributed by atoms with Crippen LogP contribution in [0.15, 0.2) is 42.5 Å². The minimum Gasteiger partial charge on any atom is -0.372 e. The zero-order chi connectivity index (χ0) is 17.6. The van der Waals surface area contributed by atoms with E-state index in [-0.39, 0.29) is 6.03 Å². The van der Waals surface area contributed by atoms with E-state index in [0.29, 0.717) is 0 Å². The number of carbonyl (C=O) groups is 1. The van der Waals surface area contributed by atoms with E-state index in [4.69, 9.17) is 0 Å². The summed E-state index contributed by atoms with van der Waals surface area (Å²) in [5.41, 5.74) is 5.18. The van der Waals surface area contributed by atoms with Crippen molar-refractivity contribution >= 4 is 23.1 Å². The van der Waals surface area contributed by atoms with Crippen molar-refractivity contribution in [3.63, 3.8) is 0 Å². The summed E-state index contributed by atoms with van der Waals surface area (Å²) >= 11 is 0. The Morgan fingerprint density at radius 1 is 1.00 bits per heavy atom. The van der Waals surface area contributed by atoms with Crippen molar-refractivity contribution in [2.45, 2.75) is 39.5 Å². The molecule has 25 heavy (non-hydrogen) atoms. The van der Waals surface area contributed by atoms with Crippen molar-refractivity contribution in [3.05, 3.63) is 53.6 Å². The molecule has 0 aromatic heterocycles. The largest absolute Gasteiger partial charge is 0.372 e. The van der Waals surface area contributed by atoms with E-state index in [1.807, 2.05) is 31.2 Å². The molecular weight excluding hydrogens is 310 g/mol. The van der Waals surface area contributed by atoms with E-state index in [9.17, 15) is 4.79 Å². The second kappa shape index (κ2) is 8.06. The SMILES string of the molecule is CCc1cccc(C)c1NC(=O)Nc1ccc(N2CCCCC2)cc1. The van der Waals surface area contributed by atoms with E-state index >= 15 is 0 Å². The van der Waals surface area contributed by atoms with Crippen molar-refractivity contribution in [1.29, 1.82) is 0 Å². The molecular formula is C21H27N3O. The Balaban J connectivity index is 1.63. The lowest BCUT2D eigenvalue weighted by atomic mass is 10.1. The summed E-state index contributed by atoms with van der Waals surface area (Å²) in [5, 5.41) is 5.93. The Labute approximate surface area is 150 Å². The van der Waals surface area contributed by atoms with Crippen LogP contribution in [0.1, 0.15) is 37.3 Å². The van der Waals surface area contributed by atoms with E-state index in [2.05, 4.69) is 40.7 Å². The summed E-state index contributed by atoms with van der Waals surface area (Å²) in [4.78, 5) is 14.8. The lowest BCUT2D eigenvalue weighted by molar-refractivity contribution is 0.262. The molecule has 4 heteroatoms. The minimum atomic E-state index is -0.199. The van der Waals surface area contributed by atoms with Gasteiger partial charge in [0.05, 0.1) is 0 Å². The number of urea groups is 1. The Bertz CT molecular complexity index is 718. The average Bonchev–Trinajstić information content (AvgIpc) is 2.65. The number of benzene rings is 2. The third-order valence-electron chi connectivity index (χ3n) is 4.82. The number of hydrogen-bond donors (Lipinski definition) is 2. The molecule has 0 aliphatic carbocycles. The Hall–Kier alpha value is -2.49. The number of nitrogens with one attached hydrogen (secondary N) is 2. The standard InChI is InChI=1S/C21H27N3O/c1-3-17-9-7-8-16(2)20(17)23-21(25)22-18-10-12-19(13-11-18)24-14-5-4-6-15-24/h7-13H,3-6,14-15H2,1-2H3,(H2,22,23,25). The first-order valence-electron chi connectivity index (χ1n) is 9.19. The molecule has 132 valence electrons. The number of para-hydroxylation sites is 1. The van der Waals surface area contributed by atoms with Crippen LogP contribution < -0.4 is 15.5 Å². The fourth-order valence-electron chi connectivity index (χ4n) is 3.39. The van der Waals surface area contributed by atoms with Gasteiger partial charge in [-0.2, -0.15) is 0 Å². The fraction of sp³-hybridized carbons (Fsp3) is 0.381. The molecule has 0 spiro atoms. The highest BCUT2D eigenvalue weighted by Crippen LogP contribution is 2.23. The maximum atomic E-state index is 12.4. The number of aryl methyl sites for hydroxylation is 2. The zero-order valence-corrected chi connectivity index (χ0v) is 15.1. The van der Waals surface area contributed by atoms with Crippen molar-refractivity contribution in [1.82, 2.24) is 0 Å². The van der Waals surface area contributed by atoms with Gasteiger partial charge in [0.1, 0.15) is 0 Å². The predicted molar refractivity (Wildman–Crippen MR) is 106 cm³/mol. The first-order chi connectivity index (χ1) is 12.2. The molecule has 4 nitrogen and oxygen atoms in total. The second-order valence-electron chi connectivity index (χ2n) is 6.64. The van der Waals surface area contributed by atoms with Crippen LogP contribution in [0, 0.1) is 6.92 Å². The quantitative estimate of drug-likeness (QED) is 0.806. The number of anilines is 3. The number of amides is 2. The Morgan fingerprint density at radius 2 is 1.72 bits per heavy atom. The van der Waals surface area contributed by atoms with Crippen LogP contribution in [0.2, 0.25) is 0 Å². The summed E-state index contributed by atoms with van der Waals surface area (Å²) in [6, 6.07) is 14.0. The van der Waals surface area contributed by atoms with E-state index in [0.717, 1.165) is 42.0 Å². The summed E-state index contributed by atoms with van der Waals surface area (Å²) in [6.07, 6.45) is 4.74. The molecule has 1 aliphatic rings. The molecule has 2 aromatic rings. The molecule has 1 heterocycles. The van der Waals surface area contributed by atoms with Gasteiger partial charge in [-0.15, -0.1) is 0 Å². The summed E-state index contributed by atoms with van der Waals surface area (Å²) in [5.74, 6) is 0. The van der Waals surface area contributed by atoms with Crippen LogP contribution in [0.4, 0.5) is 21.9 Å². The molecule has 0 unspecified atom stereocenters. The first-order valence-corrected chi connectivity index (χ1v) is 9.19. The summed E-state index contributed by atoms with van der Waals surface area (Å²) in [7, 11) is 0. The molecule has 2 amide bonds. The highest BCUT2D eigenvalue weighted by molar-refractivity contribution is 6.00. The number of hydrogen-bond acceptors (Lipinski definition) is 2. The molecule has 3 rings (SSSR count). The second-order valence-corrected chi connectivity index (χ2v) is 6.64. The van der Waals surface area contributed by atoms with Gasteiger partial charge in [-0.1, -0.05) is 25.1 Å². The van der Waals surface area contributed by atoms with Gasteiger partial charge >= 0.3 is 6.03 Å². The predicted octanol–water partition coefficient (Wildman–Crippen LogP) is 5.19. The molecule has 1 saturated heterocycles. The van der Waals surface area contributed by atoms with Crippen LogP contribution in [0.5, 0.6) is 0 Å². The van der Waals surface area contributed by atoms with Crippen LogP contribution in [-0.2, 0) is 6.42 Å². The molecule has 1 fully saturated rings. The lowest BCUT2D eigenvalue weighted by Gasteiger charge is -2.28. The van der Waals surface area contributed by atoms with Gasteiger partial charge in [-0.25, -0.2) is 4.79 Å². The minimum absolute atomic E-state index is 0.199. The smallest absolute Gasteiger partial charge is 0.323 e. The summed E-state index contributed by atoms with van der Waals surface area (Å²) < 4.78 is 0. The van der Waals surface area contributed by atoms with Crippen molar-refractivity contribution in [3.8, 4) is 0 Å². The normalized spacial score (nSPS) is 14.2. The Kier molecular flexibility index (Phi) is 5.59. The third kappa shape index (κ3) is 4.32. The Morgan fingerprint density at radius 3 is 2.40 bits per heavy atom. The van der Waals surface area contributed by atoms with Crippen LogP contribution in [0.25, 0.3) is 0 Å². The van der Waals surface area contributed by atoms with Gasteiger partial charge in [-0.05, 0) is 68.0 Å². The van der Waals surface area contributed by atoms with E-state index in [1.165, 1.54) is 24.9 Å². The highest BCUT2D eigenvalue weighted by Gasteiger charge is 2.12. The monoisotopic (exact) mass is 337 g/mol. The van der Waals surface area contributed by atoms with Crippen molar-refractivity contribution in [2.75, 3.05) is 28.6 Å². The number of rotatable bonds is 4. The van der Waals surface area contributed by atoms with Gasteiger partial charge in [0.25, 0.3) is 0 Å². The van der Waals surface area contributed by atoms with Gasteiger partial charge in [0, 0.05) is 30.2 Å². The molecule has 2 aromatic carbocycles. The molecule has 0 saturated carbocycles. The van der Waals surface area contributed by atoms with Gasteiger partial charge in [0.15, 0.2) is 0 Å². The summed E-state index contributed by atoms with van der Waals surface area (Å²) in [6.45, 7) is 6.36. The van der Waals surface area contributed by atoms with E-state index in [1.54, 1.807) is 0 Å². The number of nitrogens with zero attached hydrogens (tertiary/aromatic N) is 1. The average molecular weight is 337 g/mol. The number of piperidine rings is 1. The molecule has 1 aliphatic heterocycles. The maximum Gasteiger partial charge on any atom is 0.323 e. The van der Waals surface area contributed by atoms with Gasteiger partial charge in [0.2, 0.25) is 0 Å². The van der Waals surface area contributed by atoms with Crippen molar-refractivity contribution in [2.24, 2.45) is 0 Å². The van der Waals surface area contributed by atoms with Crippen LogP contribution in [0.3, 0.4) is 0 Å². The number of carbonyl (C=O) groups excluding carboxylic acids is 1.